The Morgan fingerprint density at radius 3 is 2.20 bits per heavy atom. The van der Waals surface area contributed by atoms with Crippen LogP contribution in [-0.2, 0) is 31.0 Å². The lowest BCUT2D eigenvalue weighted by atomic mass is 9.48. The number of phenols is 1. The molecule has 5 aliphatic rings. The van der Waals surface area contributed by atoms with E-state index in [1.54, 1.807) is 66.9 Å². The average molecular weight is 816 g/mol. The van der Waals surface area contributed by atoms with Gasteiger partial charge in [-0.05, 0) is 66.3 Å². The quantitative estimate of drug-likeness (QED) is 0.0909. The zero-order chi connectivity index (χ0) is 41.7. The summed E-state index contributed by atoms with van der Waals surface area (Å²) in [5.41, 5.74) is -0.834. The fourth-order valence-corrected chi connectivity index (χ4v) is 10.5. The van der Waals surface area contributed by atoms with Crippen molar-refractivity contribution < 1.29 is 38.9 Å². The number of fused-ring (bicyclic) bond motifs is 5. The van der Waals surface area contributed by atoms with Crippen LogP contribution in [0.5, 0.6) is 11.5 Å². The van der Waals surface area contributed by atoms with Crippen LogP contribution in [0.4, 0.5) is 28.4 Å². The lowest BCUT2D eigenvalue weighted by molar-refractivity contribution is -0.392. The van der Waals surface area contributed by atoms with E-state index in [2.05, 4.69) is 0 Å². The van der Waals surface area contributed by atoms with E-state index in [4.69, 9.17) is 16.3 Å². The molecular weight excluding hydrogens is 782 g/mol. The third-order valence-electron chi connectivity index (χ3n) is 12.5. The molecule has 0 spiro atoms. The highest BCUT2D eigenvalue weighted by atomic mass is 35.5. The summed E-state index contributed by atoms with van der Waals surface area (Å²) in [6.07, 6.45) is 3.62. The number of nitro benzene ring substituents is 2. The number of rotatable bonds is 7. The number of hydrogen-bond acceptors (Lipinski definition) is 11. The number of hydrogen-bond donors (Lipinski definition) is 1. The number of phenolic OH excluding ortho intramolecular Hbond substituents is 1. The summed E-state index contributed by atoms with van der Waals surface area (Å²) in [7, 11) is 2.82. The summed E-state index contributed by atoms with van der Waals surface area (Å²) >= 11 is 6.41. The molecule has 4 amide bonds. The van der Waals surface area contributed by atoms with Crippen LogP contribution in [0.1, 0.15) is 24.0 Å². The maximum absolute atomic E-state index is 15.5. The van der Waals surface area contributed by atoms with Crippen molar-refractivity contribution in [3.63, 3.8) is 0 Å². The molecule has 6 atom stereocenters. The second-order valence-corrected chi connectivity index (χ2v) is 16.1. The van der Waals surface area contributed by atoms with Crippen molar-refractivity contribution in [3.05, 3.63) is 145 Å². The number of allylic oxidation sites excluding steroid dienone is 3. The van der Waals surface area contributed by atoms with Gasteiger partial charge >= 0.3 is 11.4 Å². The summed E-state index contributed by atoms with van der Waals surface area (Å²) in [4.78, 5) is 85.9. The fraction of sp³-hybridized carbons (Fsp3) is 0.256. The van der Waals surface area contributed by atoms with Crippen molar-refractivity contribution in [2.24, 2.45) is 29.6 Å². The number of benzene rings is 4. The molecule has 15 nitrogen and oxygen atoms in total. The molecule has 2 aliphatic carbocycles. The van der Waals surface area contributed by atoms with Crippen LogP contribution in [0, 0.1) is 49.8 Å². The van der Waals surface area contributed by atoms with Gasteiger partial charge in [0, 0.05) is 49.2 Å². The first-order valence-corrected chi connectivity index (χ1v) is 19.2. The smallest absolute Gasteiger partial charge is 0.301 e. The number of amides is 4. The van der Waals surface area contributed by atoms with Gasteiger partial charge in [0.05, 0.1) is 50.7 Å². The number of ether oxygens (including phenoxy) is 1. The Morgan fingerprint density at radius 1 is 0.831 bits per heavy atom. The highest BCUT2D eigenvalue weighted by Gasteiger charge is 2.70. The van der Waals surface area contributed by atoms with E-state index in [9.17, 15) is 34.9 Å². The second-order valence-electron chi connectivity index (χ2n) is 15.6. The van der Waals surface area contributed by atoms with E-state index < -0.39 is 79.9 Å². The number of nitro groups is 2. The Hall–Kier alpha value is -6.87. The van der Waals surface area contributed by atoms with Gasteiger partial charge in [-0.15, -0.1) is 0 Å². The number of carbonyl (C=O) groups is 4. The van der Waals surface area contributed by atoms with Crippen LogP contribution >= 0.6 is 11.6 Å². The Bertz CT molecular complexity index is 2590. The van der Waals surface area contributed by atoms with E-state index in [-0.39, 0.29) is 42.1 Å². The molecule has 16 heteroatoms. The zero-order valence-electron chi connectivity index (χ0n) is 31.5. The van der Waals surface area contributed by atoms with Gasteiger partial charge in [0.15, 0.2) is 5.69 Å². The Labute approximate surface area is 341 Å². The first kappa shape index (κ1) is 37.7. The molecule has 298 valence electrons. The predicted molar refractivity (Wildman–Crippen MR) is 214 cm³/mol. The summed E-state index contributed by atoms with van der Waals surface area (Å²) in [6.45, 7) is 0. The number of halogens is 1. The van der Waals surface area contributed by atoms with Gasteiger partial charge in [0.1, 0.15) is 11.5 Å². The number of imide groups is 2. The highest BCUT2D eigenvalue weighted by Crippen LogP contribution is 2.64. The van der Waals surface area contributed by atoms with E-state index in [1.165, 1.54) is 31.1 Å². The summed E-state index contributed by atoms with van der Waals surface area (Å²) in [5.74, 6) is -6.79. The molecule has 0 aromatic heterocycles. The molecule has 3 heterocycles. The van der Waals surface area contributed by atoms with Crippen molar-refractivity contribution in [1.82, 2.24) is 0 Å². The topological polar surface area (TPSA) is 194 Å². The molecule has 1 N–H and O–H groups in total. The minimum Gasteiger partial charge on any atom is -0.508 e. The molecule has 0 radical (unpaired) electrons. The van der Waals surface area contributed by atoms with Crippen LogP contribution in [-0.4, -0.2) is 52.7 Å². The van der Waals surface area contributed by atoms with E-state index in [0.717, 1.165) is 21.9 Å². The van der Waals surface area contributed by atoms with E-state index >= 15 is 9.59 Å². The SMILES string of the molecule is CN(C)c1c([N+](=O)[O-])cc(N2C(=O)C3CC=C4C(CC5C(=O)N(c6cccc(Cl)c6)C(=O)C5(c5ccccc5)C4C4=COc5ccc(O)cc5C4)C3C2=O)cc1[N+](=O)[O-]. The van der Waals surface area contributed by atoms with Gasteiger partial charge in [-0.1, -0.05) is 59.6 Å². The average Bonchev–Trinajstić information content (AvgIpc) is 3.60. The minimum atomic E-state index is -1.58. The molecule has 3 fully saturated rings. The van der Waals surface area contributed by atoms with Crippen molar-refractivity contribution >= 4 is 63.7 Å². The molecule has 4 aromatic carbocycles. The molecule has 2 saturated heterocycles. The molecule has 4 aromatic rings. The number of nitrogens with zero attached hydrogens (tertiary/aromatic N) is 5. The molecule has 0 bridgehead atoms. The van der Waals surface area contributed by atoms with E-state index in [1.807, 2.05) is 6.08 Å². The number of carbonyl (C=O) groups excluding carboxylic acids is 4. The van der Waals surface area contributed by atoms with Crippen molar-refractivity contribution in [3.8, 4) is 11.5 Å². The first-order chi connectivity index (χ1) is 28.2. The largest absolute Gasteiger partial charge is 0.508 e. The predicted octanol–water partition coefficient (Wildman–Crippen LogP) is 6.65. The summed E-state index contributed by atoms with van der Waals surface area (Å²) in [5, 5.41) is 35.3. The van der Waals surface area contributed by atoms with Gasteiger partial charge in [0.2, 0.25) is 23.6 Å². The van der Waals surface area contributed by atoms with E-state index in [0.29, 0.717) is 33.0 Å². The number of anilines is 3. The zero-order valence-corrected chi connectivity index (χ0v) is 32.2. The standard InChI is InChI=1S/C43H34ClN5O10/c1-45(2)38-33(48(55)56)18-27(19-34(38)49(57)58)46-39(51)30-13-12-29-31(36(30)41(46)53)20-32-40(52)47(26-10-6-9-25(44)17-26)42(54)43(32,24-7-4-3-5-8-24)37(29)23-15-22-16-28(50)11-14-35(22)59-21-23/h3-12,14,16-19,21,30-32,36-37,50H,13,15,20H2,1-2H3. The van der Waals surface area contributed by atoms with Crippen LogP contribution in [0.3, 0.4) is 0 Å². The highest BCUT2D eigenvalue weighted by molar-refractivity contribution is 6.32. The van der Waals surface area contributed by atoms with Crippen LogP contribution < -0.4 is 19.4 Å². The minimum absolute atomic E-state index is 0.000936. The second kappa shape index (κ2) is 13.6. The lowest BCUT2D eigenvalue weighted by Gasteiger charge is -2.51. The normalized spacial score (nSPS) is 25.6. The molecule has 9 rings (SSSR count). The van der Waals surface area contributed by atoms with Gasteiger partial charge in [0.25, 0.3) is 0 Å². The Morgan fingerprint density at radius 2 is 1.54 bits per heavy atom. The summed E-state index contributed by atoms with van der Waals surface area (Å²) in [6, 6.07) is 22.1. The Kier molecular flexibility index (Phi) is 8.70. The van der Waals surface area contributed by atoms with Gasteiger partial charge in [-0.2, -0.15) is 0 Å². The van der Waals surface area contributed by atoms with Crippen molar-refractivity contribution in [1.29, 1.82) is 0 Å². The maximum Gasteiger partial charge on any atom is 0.301 e. The van der Waals surface area contributed by atoms with Crippen molar-refractivity contribution in [2.45, 2.75) is 24.7 Å². The summed E-state index contributed by atoms with van der Waals surface area (Å²) < 4.78 is 6.16. The fourth-order valence-electron chi connectivity index (χ4n) is 10.3. The lowest BCUT2D eigenvalue weighted by Crippen LogP contribution is -2.55. The molecule has 3 aliphatic heterocycles. The third kappa shape index (κ3) is 5.48. The van der Waals surface area contributed by atoms with Crippen LogP contribution in [0.15, 0.2) is 108 Å². The molecular formula is C43H34ClN5O10. The van der Waals surface area contributed by atoms with Crippen LogP contribution in [0.25, 0.3) is 0 Å². The van der Waals surface area contributed by atoms with Crippen molar-refractivity contribution in [2.75, 3.05) is 28.8 Å². The number of aromatic hydroxyl groups is 1. The molecule has 59 heavy (non-hydrogen) atoms. The van der Waals surface area contributed by atoms with Gasteiger partial charge in [-0.3, -0.25) is 39.4 Å². The first-order valence-electron chi connectivity index (χ1n) is 18.8. The molecule has 6 unspecified atom stereocenters. The molecule has 1 saturated carbocycles. The maximum atomic E-state index is 15.5. The van der Waals surface area contributed by atoms with Gasteiger partial charge < -0.3 is 14.7 Å². The monoisotopic (exact) mass is 815 g/mol. The third-order valence-corrected chi connectivity index (χ3v) is 12.7. The Balaban J connectivity index is 1.23. The van der Waals surface area contributed by atoms with Gasteiger partial charge in [-0.25, -0.2) is 9.80 Å². The van der Waals surface area contributed by atoms with Crippen LogP contribution in [0.2, 0.25) is 5.02 Å².